The number of aromatic nitrogens is 4. The molecular formula is C53H48N8O6. The van der Waals surface area contributed by atoms with Gasteiger partial charge in [-0.05, 0) is 114 Å². The first kappa shape index (κ1) is 43.0. The molecule has 67 heavy (non-hydrogen) atoms. The summed E-state index contributed by atoms with van der Waals surface area (Å²) >= 11 is 0. The Morgan fingerprint density at radius 3 is 1.61 bits per heavy atom. The van der Waals surface area contributed by atoms with E-state index in [0.717, 1.165) is 44.1 Å². The molecule has 14 heteroatoms. The van der Waals surface area contributed by atoms with Gasteiger partial charge in [0, 0.05) is 119 Å². The summed E-state index contributed by atoms with van der Waals surface area (Å²) in [5, 5.41) is 7.87. The molecule has 2 amide bonds. The van der Waals surface area contributed by atoms with Crippen LogP contribution in [0.3, 0.4) is 0 Å². The maximum atomic E-state index is 14.4. The number of hydrogen-bond donors (Lipinski definition) is 4. The summed E-state index contributed by atoms with van der Waals surface area (Å²) < 4.78 is 11.1. The molecular weight excluding hydrogens is 845 g/mol. The van der Waals surface area contributed by atoms with Gasteiger partial charge in [-0.25, -0.2) is 9.97 Å². The molecule has 8 aromatic rings. The molecule has 10 rings (SSSR count). The van der Waals surface area contributed by atoms with Crippen LogP contribution in [-0.4, -0.2) is 95.9 Å². The SMILES string of the molecule is Cc1cc(C(=O)c2cc(NC(=O)CCC(=O)Nc3cc(C(=O)c4ccnc(N5CCOCC5)c4)cc(-c4cccc5[nH]ccc45)c3)cc(-c3cccc4[nH]ccc34)c2)cc(N2CCOCC2)n1. The molecule has 336 valence electrons. The second-order valence-corrected chi connectivity index (χ2v) is 16.8. The van der Waals surface area contributed by atoms with Crippen LogP contribution in [0.2, 0.25) is 0 Å². The molecule has 0 saturated carbocycles. The van der Waals surface area contributed by atoms with E-state index >= 15 is 0 Å². The number of aromatic amines is 2. The van der Waals surface area contributed by atoms with Crippen LogP contribution in [0.1, 0.15) is 50.4 Å². The van der Waals surface area contributed by atoms with Gasteiger partial charge in [-0.2, -0.15) is 0 Å². The minimum absolute atomic E-state index is 0.144. The quantitative estimate of drug-likeness (QED) is 0.0821. The second-order valence-electron chi connectivity index (χ2n) is 16.8. The van der Waals surface area contributed by atoms with E-state index in [1.54, 1.807) is 36.5 Å². The number of ketones is 2. The number of carbonyl (C=O) groups excluding carboxylic acids is 4. The predicted octanol–water partition coefficient (Wildman–Crippen LogP) is 8.57. The molecule has 2 fully saturated rings. The molecule has 0 bridgehead atoms. The molecule has 4 N–H and O–H groups in total. The van der Waals surface area contributed by atoms with Crippen LogP contribution < -0.4 is 20.4 Å². The zero-order valence-corrected chi connectivity index (χ0v) is 36.9. The van der Waals surface area contributed by atoms with E-state index in [4.69, 9.17) is 14.5 Å². The van der Waals surface area contributed by atoms with Crippen molar-refractivity contribution in [3.8, 4) is 22.3 Å². The molecule has 2 aliphatic heterocycles. The van der Waals surface area contributed by atoms with E-state index in [2.05, 4.69) is 35.4 Å². The van der Waals surface area contributed by atoms with E-state index < -0.39 is 11.8 Å². The fraction of sp³-hybridized carbons (Fsp3) is 0.208. The third-order valence-corrected chi connectivity index (χ3v) is 12.2. The van der Waals surface area contributed by atoms with Crippen LogP contribution in [0, 0.1) is 6.92 Å². The van der Waals surface area contributed by atoms with Gasteiger partial charge < -0.3 is 39.9 Å². The summed E-state index contributed by atoms with van der Waals surface area (Å²) in [5.74, 6) is 0.163. The smallest absolute Gasteiger partial charge is 0.224 e. The highest BCUT2D eigenvalue weighted by atomic mass is 16.5. The number of pyridine rings is 2. The fourth-order valence-corrected chi connectivity index (χ4v) is 8.92. The Morgan fingerprint density at radius 1 is 0.567 bits per heavy atom. The predicted molar refractivity (Wildman–Crippen MR) is 260 cm³/mol. The van der Waals surface area contributed by atoms with Crippen molar-refractivity contribution in [2.45, 2.75) is 19.8 Å². The van der Waals surface area contributed by atoms with Crippen LogP contribution in [0.4, 0.5) is 23.0 Å². The topological polar surface area (TPSA) is 175 Å². The van der Waals surface area contributed by atoms with E-state index in [-0.39, 0.29) is 24.4 Å². The van der Waals surface area contributed by atoms with Gasteiger partial charge in [0.05, 0.1) is 26.4 Å². The van der Waals surface area contributed by atoms with Gasteiger partial charge in [0.15, 0.2) is 11.6 Å². The van der Waals surface area contributed by atoms with Crippen molar-refractivity contribution in [3.05, 3.63) is 156 Å². The Hall–Kier alpha value is -7.94. The molecule has 2 saturated heterocycles. The molecule has 0 aliphatic carbocycles. The average Bonchev–Trinajstić information content (AvgIpc) is 4.06. The van der Waals surface area contributed by atoms with Crippen LogP contribution in [-0.2, 0) is 19.1 Å². The summed E-state index contributed by atoms with van der Waals surface area (Å²) in [4.78, 5) is 76.0. The second kappa shape index (κ2) is 18.9. The molecule has 0 atom stereocenters. The van der Waals surface area contributed by atoms with E-state index in [1.165, 1.54) is 0 Å². The van der Waals surface area contributed by atoms with Crippen molar-refractivity contribution in [2.75, 3.05) is 73.0 Å². The molecule has 0 radical (unpaired) electrons. The highest BCUT2D eigenvalue weighted by molar-refractivity contribution is 6.13. The first-order valence-electron chi connectivity index (χ1n) is 22.4. The molecule has 0 spiro atoms. The molecule has 2 aliphatic rings. The van der Waals surface area contributed by atoms with Crippen molar-refractivity contribution in [2.24, 2.45) is 0 Å². The number of amides is 2. The molecule has 6 heterocycles. The van der Waals surface area contributed by atoms with Crippen LogP contribution in [0.5, 0.6) is 0 Å². The Morgan fingerprint density at radius 2 is 1.06 bits per heavy atom. The maximum absolute atomic E-state index is 14.4. The zero-order valence-electron chi connectivity index (χ0n) is 36.9. The van der Waals surface area contributed by atoms with Crippen molar-refractivity contribution in [1.82, 2.24) is 19.9 Å². The third kappa shape index (κ3) is 9.44. The zero-order chi connectivity index (χ0) is 45.9. The molecule has 14 nitrogen and oxygen atoms in total. The number of aryl methyl sites for hydroxylation is 1. The van der Waals surface area contributed by atoms with Crippen molar-refractivity contribution < 1.29 is 28.7 Å². The summed E-state index contributed by atoms with van der Waals surface area (Å²) in [5.41, 5.74) is 8.40. The number of rotatable bonds is 13. The number of carbonyl (C=O) groups is 4. The number of nitrogens with zero attached hydrogens (tertiary/aromatic N) is 4. The average molecular weight is 893 g/mol. The van der Waals surface area contributed by atoms with E-state index in [1.807, 2.05) is 98.2 Å². The lowest BCUT2D eigenvalue weighted by Gasteiger charge is -2.28. The van der Waals surface area contributed by atoms with E-state index in [0.29, 0.717) is 104 Å². The Labute approximate surface area is 386 Å². The summed E-state index contributed by atoms with van der Waals surface area (Å²) in [6, 6.07) is 33.5. The van der Waals surface area contributed by atoms with Gasteiger partial charge in [0.1, 0.15) is 11.6 Å². The number of anilines is 4. The van der Waals surface area contributed by atoms with Crippen LogP contribution >= 0.6 is 0 Å². The van der Waals surface area contributed by atoms with Gasteiger partial charge >= 0.3 is 0 Å². The summed E-state index contributed by atoms with van der Waals surface area (Å²) in [6.45, 7) is 6.92. The maximum Gasteiger partial charge on any atom is 0.224 e. The number of morpholine rings is 2. The lowest BCUT2D eigenvalue weighted by atomic mass is 9.95. The summed E-state index contributed by atoms with van der Waals surface area (Å²) in [6.07, 6.45) is 5.08. The lowest BCUT2D eigenvalue weighted by Crippen LogP contribution is -2.37. The van der Waals surface area contributed by atoms with Gasteiger partial charge in [-0.1, -0.05) is 24.3 Å². The molecule has 4 aromatic carbocycles. The number of fused-ring (bicyclic) bond motifs is 2. The number of hydrogen-bond acceptors (Lipinski definition) is 10. The molecule has 4 aromatic heterocycles. The Balaban J connectivity index is 0.897. The first-order chi connectivity index (χ1) is 32.7. The minimum atomic E-state index is -0.406. The van der Waals surface area contributed by atoms with Crippen LogP contribution in [0.25, 0.3) is 44.1 Å². The number of H-pyrrole nitrogens is 2. The van der Waals surface area contributed by atoms with Gasteiger partial charge in [0.2, 0.25) is 11.8 Å². The van der Waals surface area contributed by atoms with E-state index in [9.17, 15) is 19.2 Å². The Kier molecular flexibility index (Phi) is 12.1. The highest BCUT2D eigenvalue weighted by Gasteiger charge is 2.22. The fourth-order valence-electron chi connectivity index (χ4n) is 8.92. The van der Waals surface area contributed by atoms with Crippen molar-refractivity contribution in [1.29, 1.82) is 0 Å². The monoisotopic (exact) mass is 892 g/mol. The normalized spacial score (nSPS) is 14.0. The standard InChI is InChI=1S/C53H48N8O6/c1-33-24-37(32-49(57-33)61-18-22-67-23-19-61)53(65)39-26-36(43-5-3-7-47-45(43)12-15-55-47)28-41(30-39)59-51(63)9-8-50(62)58-40-27-35(42-4-2-6-46-44(42)11-14-54-46)25-38(29-40)52(64)34-10-13-56-48(31-34)60-16-20-66-21-17-60/h2-7,10-15,24-32,54-55H,8-9,16-23H2,1H3,(H,58,62)(H,59,63). The lowest BCUT2D eigenvalue weighted by molar-refractivity contribution is -0.121. The number of benzene rings is 4. The van der Waals surface area contributed by atoms with Gasteiger partial charge in [0.25, 0.3) is 0 Å². The van der Waals surface area contributed by atoms with Crippen molar-refractivity contribution in [3.63, 3.8) is 0 Å². The van der Waals surface area contributed by atoms with Crippen LogP contribution in [0.15, 0.2) is 128 Å². The highest BCUT2D eigenvalue weighted by Crippen LogP contribution is 2.34. The van der Waals surface area contributed by atoms with Gasteiger partial charge in [-0.3, -0.25) is 19.2 Å². The number of nitrogens with one attached hydrogen (secondary N) is 4. The van der Waals surface area contributed by atoms with Crippen molar-refractivity contribution >= 4 is 68.2 Å². The largest absolute Gasteiger partial charge is 0.378 e. The van der Waals surface area contributed by atoms with Gasteiger partial charge in [-0.15, -0.1) is 0 Å². The minimum Gasteiger partial charge on any atom is -0.378 e. The Bertz CT molecular complexity index is 3180. The number of ether oxygens (including phenoxy) is 2. The first-order valence-corrected chi connectivity index (χ1v) is 22.4. The third-order valence-electron chi connectivity index (χ3n) is 12.2. The summed E-state index contributed by atoms with van der Waals surface area (Å²) in [7, 11) is 0. The molecule has 0 unspecified atom stereocenters.